The lowest BCUT2D eigenvalue weighted by Gasteiger charge is -2.22. The van der Waals surface area contributed by atoms with Gasteiger partial charge in [-0.1, -0.05) is 36.4 Å². The molecule has 9 heteroatoms. The third-order valence-corrected chi connectivity index (χ3v) is 5.73. The van der Waals surface area contributed by atoms with Crippen molar-refractivity contribution in [3.05, 3.63) is 58.2 Å². The summed E-state index contributed by atoms with van der Waals surface area (Å²) in [6, 6.07) is 13.0. The largest absolute Gasteiger partial charge is 0.345 e. The van der Waals surface area contributed by atoms with Crippen molar-refractivity contribution in [1.82, 2.24) is 25.0 Å². The molecule has 0 fully saturated rings. The van der Waals surface area contributed by atoms with Crippen LogP contribution >= 0.6 is 23.6 Å². The van der Waals surface area contributed by atoms with Gasteiger partial charge < -0.3 is 10.2 Å². The predicted molar refractivity (Wildman–Crippen MR) is 116 cm³/mol. The van der Waals surface area contributed by atoms with Crippen LogP contribution in [0.15, 0.2) is 47.8 Å². The Bertz CT molecular complexity index is 1010. The molecule has 0 aliphatic rings. The van der Waals surface area contributed by atoms with Gasteiger partial charge in [0, 0.05) is 13.1 Å². The fourth-order valence-corrected chi connectivity index (χ4v) is 3.96. The molecule has 1 unspecified atom stereocenters. The summed E-state index contributed by atoms with van der Waals surface area (Å²) < 4.78 is 2.03. The van der Waals surface area contributed by atoms with Crippen LogP contribution in [0.2, 0.25) is 0 Å². The summed E-state index contributed by atoms with van der Waals surface area (Å²) in [6.07, 6.45) is 0. The maximum absolute atomic E-state index is 12.7. The van der Waals surface area contributed by atoms with E-state index in [2.05, 4.69) is 15.5 Å². The Morgan fingerprint density at radius 3 is 2.69 bits per heavy atom. The zero-order valence-corrected chi connectivity index (χ0v) is 17.9. The molecule has 152 valence electrons. The molecule has 0 aliphatic heterocycles. The lowest BCUT2D eigenvalue weighted by molar-refractivity contribution is -0.133. The number of nitrogens with zero attached hydrogens (tertiary/aromatic N) is 3. The molecule has 2 aromatic heterocycles. The average Bonchev–Trinajstić information content (AvgIpc) is 3.39. The fraction of sp³-hybridized carbons (Fsp3) is 0.300. The number of nitrogens with one attached hydrogen (secondary N) is 2. The Labute approximate surface area is 178 Å². The van der Waals surface area contributed by atoms with E-state index in [4.69, 9.17) is 12.2 Å². The number of likely N-dealkylation sites (N-methyl/N-ethyl adjacent to an activating group) is 1. The van der Waals surface area contributed by atoms with Crippen molar-refractivity contribution >= 4 is 35.4 Å². The first kappa shape index (κ1) is 20.9. The van der Waals surface area contributed by atoms with Crippen LogP contribution in [-0.2, 0) is 16.1 Å². The summed E-state index contributed by atoms with van der Waals surface area (Å²) in [7, 11) is 0. The van der Waals surface area contributed by atoms with Gasteiger partial charge >= 0.3 is 0 Å². The van der Waals surface area contributed by atoms with Crippen LogP contribution in [0.4, 0.5) is 0 Å². The number of benzene rings is 1. The zero-order chi connectivity index (χ0) is 20.8. The van der Waals surface area contributed by atoms with Crippen molar-refractivity contribution in [2.75, 3.05) is 13.1 Å². The Hall–Kier alpha value is -2.78. The van der Waals surface area contributed by atoms with E-state index >= 15 is 0 Å². The second kappa shape index (κ2) is 9.62. The molecule has 3 rings (SSSR count). The summed E-state index contributed by atoms with van der Waals surface area (Å²) in [6.45, 7) is 4.67. The maximum Gasteiger partial charge on any atom is 0.243 e. The lowest BCUT2D eigenvalue weighted by Crippen LogP contribution is -2.41. The second-order valence-electron chi connectivity index (χ2n) is 6.49. The maximum atomic E-state index is 12.7. The van der Waals surface area contributed by atoms with Crippen LogP contribution in [0.1, 0.15) is 25.5 Å². The summed E-state index contributed by atoms with van der Waals surface area (Å²) in [5.41, 5.74) is 1.05. The van der Waals surface area contributed by atoms with Crippen molar-refractivity contribution < 1.29 is 9.59 Å². The summed E-state index contributed by atoms with van der Waals surface area (Å²) >= 11 is 6.82. The van der Waals surface area contributed by atoms with Crippen LogP contribution in [0.25, 0.3) is 10.7 Å². The Morgan fingerprint density at radius 1 is 1.28 bits per heavy atom. The highest BCUT2D eigenvalue weighted by molar-refractivity contribution is 7.71. The Balaban J connectivity index is 1.64. The van der Waals surface area contributed by atoms with Gasteiger partial charge in [0.2, 0.25) is 11.8 Å². The lowest BCUT2D eigenvalue weighted by atomic mass is 10.2. The number of hydrogen-bond acceptors (Lipinski definition) is 5. The van der Waals surface area contributed by atoms with E-state index in [1.807, 2.05) is 54.8 Å². The second-order valence-corrected chi connectivity index (χ2v) is 7.82. The van der Waals surface area contributed by atoms with Gasteiger partial charge in [-0.15, -0.1) is 11.3 Å². The molecular formula is C20H23N5O2S2. The minimum atomic E-state index is -0.602. The number of aromatic amines is 1. The smallest absolute Gasteiger partial charge is 0.243 e. The first-order chi connectivity index (χ1) is 14.0. The predicted octanol–water partition coefficient (Wildman–Crippen LogP) is 3.40. The number of H-pyrrole nitrogens is 1. The molecule has 2 N–H and O–H groups in total. The van der Waals surface area contributed by atoms with E-state index in [1.54, 1.807) is 16.4 Å². The topological polar surface area (TPSA) is 83.0 Å². The van der Waals surface area contributed by atoms with Crippen LogP contribution in [0.3, 0.4) is 0 Å². The van der Waals surface area contributed by atoms with Crippen molar-refractivity contribution in [2.24, 2.45) is 0 Å². The Morgan fingerprint density at radius 2 is 2.03 bits per heavy atom. The molecule has 2 amide bonds. The van der Waals surface area contributed by atoms with E-state index in [1.165, 1.54) is 11.3 Å². The zero-order valence-electron chi connectivity index (χ0n) is 16.3. The Kier molecular flexibility index (Phi) is 6.95. The standard InChI is InChI=1S/C20H23N5O2S2/c1-3-24(13-15-8-5-4-6-9-15)17(26)12-21-19(27)14(2)25-18(22-23-20(25)28)16-10-7-11-29-16/h4-11,14H,3,12-13H2,1-2H3,(H,21,27)(H,23,28). The molecule has 7 nitrogen and oxygen atoms in total. The minimum Gasteiger partial charge on any atom is -0.345 e. The average molecular weight is 430 g/mol. The van der Waals surface area contributed by atoms with Crippen molar-refractivity contribution in [2.45, 2.75) is 26.4 Å². The number of carbonyl (C=O) groups is 2. The number of amides is 2. The fourth-order valence-electron chi connectivity index (χ4n) is 2.96. The van der Waals surface area contributed by atoms with Gasteiger partial charge in [0.25, 0.3) is 0 Å². The minimum absolute atomic E-state index is 0.0661. The normalized spacial score (nSPS) is 11.8. The number of thiophene rings is 1. The monoisotopic (exact) mass is 429 g/mol. The van der Waals surface area contributed by atoms with Crippen LogP contribution in [-0.4, -0.2) is 44.6 Å². The molecule has 0 aliphatic carbocycles. The molecule has 0 radical (unpaired) electrons. The molecule has 0 bridgehead atoms. The summed E-state index contributed by atoms with van der Waals surface area (Å²) in [5, 5.41) is 11.7. The van der Waals surface area contributed by atoms with Gasteiger partial charge in [0.05, 0.1) is 11.4 Å². The molecule has 1 atom stereocenters. The van der Waals surface area contributed by atoms with E-state index < -0.39 is 6.04 Å². The molecule has 29 heavy (non-hydrogen) atoms. The van der Waals surface area contributed by atoms with Gasteiger partial charge in [0.15, 0.2) is 10.6 Å². The summed E-state index contributed by atoms with van der Waals surface area (Å²) in [5.74, 6) is 0.189. The first-order valence-corrected chi connectivity index (χ1v) is 10.6. The third kappa shape index (κ3) is 4.99. The van der Waals surface area contributed by atoms with Crippen molar-refractivity contribution in [3.8, 4) is 10.7 Å². The van der Waals surface area contributed by atoms with Gasteiger partial charge in [-0.3, -0.25) is 19.3 Å². The van der Waals surface area contributed by atoms with Crippen LogP contribution in [0.5, 0.6) is 0 Å². The van der Waals surface area contributed by atoms with E-state index in [9.17, 15) is 9.59 Å². The molecule has 1 aromatic carbocycles. The van der Waals surface area contributed by atoms with Gasteiger partial charge in [-0.25, -0.2) is 0 Å². The number of aromatic nitrogens is 3. The highest BCUT2D eigenvalue weighted by Gasteiger charge is 2.22. The van der Waals surface area contributed by atoms with E-state index in [0.717, 1.165) is 10.4 Å². The third-order valence-electron chi connectivity index (χ3n) is 4.58. The molecular weight excluding hydrogens is 406 g/mol. The number of rotatable bonds is 8. The molecule has 0 saturated heterocycles. The molecule has 2 heterocycles. The van der Waals surface area contributed by atoms with Gasteiger partial charge in [-0.05, 0) is 43.1 Å². The van der Waals surface area contributed by atoms with Crippen molar-refractivity contribution in [1.29, 1.82) is 0 Å². The van der Waals surface area contributed by atoms with E-state index in [-0.39, 0.29) is 18.4 Å². The summed E-state index contributed by atoms with van der Waals surface area (Å²) in [4.78, 5) is 27.9. The number of hydrogen-bond donors (Lipinski definition) is 2. The van der Waals surface area contributed by atoms with Crippen LogP contribution < -0.4 is 5.32 Å². The highest BCUT2D eigenvalue weighted by Crippen LogP contribution is 2.25. The quantitative estimate of drug-likeness (QED) is 0.538. The van der Waals surface area contributed by atoms with Crippen LogP contribution in [0, 0.1) is 4.77 Å². The van der Waals surface area contributed by atoms with E-state index in [0.29, 0.717) is 23.7 Å². The molecule has 0 spiro atoms. The molecule has 3 aromatic rings. The first-order valence-electron chi connectivity index (χ1n) is 9.31. The van der Waals surface area contributed by atoms with Gasteiger partial charge in [0.1, 0.15) is 6.04 Å². The SMILES string of the molecule is CCN(Cc1ccccc1)C(=O)CNC(=O)C(C)n1c(-c2cccs2)n[nH]c1=S. The number of carbonyl (C=O) groups excluding carboxylic acids is 2. The van der Waals surface area contributed by atoms with Gasteiger partial charge in [-0.2, -0.15) is 5.10 Å². The van der Waals surface area contributed by atoms with Crippen molar-refractivity contribution in [3.63, 3.8) is 0 Å². The molecule has 0 saturated carbocycles. The highest BCUT2D eigenvalue weighted by atomic mass is 32.1.